The number of carbonyl (C=O) groups excluding carboxylic acids is 1. The van der Waals surface area contributed by atoms with E-state index >= 15 is 0 Å². The lowest BCUT2D eigenvalue weighted by Gasteiger charge is -2.10. The van der Waals surface area contributed by atoms with Gasteiger partial charge in [-0.25, -0.2) is 4.79 Å². The normalized spacial score (nSPS) is 13.2. The van der Waals surface area contributed by atoms with Crippen LogP contribution in [0.2, 0.25) is 0 Å². The molecule has 0 atom stereocenters. The van der Waals surface area contributed by atoms with E-state index in [1.165, 1.54) is 0 Å². The van der Waals surface area contributed by atoms with Gasteiger partial charge in [0.25, 0.3) is 5.91 Å². The fourth-order valence-electron chi connectivity index (χ4n) is 3.42. The number of nitrogens with one attached hydrogen (secondary N) is 3. The highest BCUT2D eigenvalue weighted by Gasteiger charge is 2.38. The zero-order chi connectivity index (χ0) is 22.9. The van der Waals surface area contributed by atoms with Crippen LogP contribution in [0.4, 0.5) is 13.2 Å². The Morgan fingerprint density at radius 3 is 2.56 bits per heavy atom. The van der Waals surface area contributed by atoms with E-state index in [1.807, 2.05) is 24.5 Å². The lowest BCUT2D eigenvalue weighted by Crippen LogP contribution is -2.31. The maximum atomic E-state index is 12.0. The van der Waals surface area contributed by atoms with E-state index in [2.05, 4.69) is 50.6 Å². The van der Waals surface area contributed by atoms with E-state index in [-0.39, 0.29) is 5.91 Å². The highest BCUT2D eigenvalue weighted by molar-refractivity contribution is 5.98. The Morgan fingerprint density at radius 2 is 1.84 bits per heavy atom. The monoisotopic (exact) mass is 442 g/mol. The zero-order valence-corrected chi connectivity index (χ0v) is 16.5. The molecule has 4 N–H and O–H groups in total. The molecule has 7 nitrogen and oxygen atoms in total. The third-order valence-electron chi connectivity index (χ3n) is 4.97. The van der Waals surface area contributed by atoms with Crippen molar-refractivity contribution in [2.24, 2.45) is 0 Å². The molecule has 0 aliphatic carbocycles. The van der Waals surface area contributed by atoms with Crippen LogP contribution in [0.5, 0.6) is 0 Å². The van der Waals surface area contributed by atoms with Gasteiger partial charge in [-0.15, -0.1) is 0 Å². The summed E-state index contributed by atoms with van der Waals surface area (Å²) in [5, 5.41) is 11.2. The second kappa shape index (κ2) is 8.22. The fourth-order valence-corrected chi connectivity index (χ4v) is 3.42. The number of fused-ring (bicyclic) bond motifs is 2. The van der Waals surface area contributed by atoms with Gasteiger partial charge in [0.05, 0.1) is 11.3 Å². The Hall–Kier alpha value is -4.08. The number of carboxylic acids is 1. The van der Waals surface area contributed by atoms with Crippen molar-refractivity contribution in [3.05, 3.63) is 66.1 Å². The minimum atomic E-state index is -5.08. The van der Waals surface area contributed by atoms with Gasteiger partial charge in [0.1, 0.15) is 0 Å². The number of amides is 1. The SMILES string of the molecule is O=C(O)C(F)(F)F.O=C1NCCc2[nH]c(-c3ccnc(-c4ccc5[nH]ccc5c4)c3)cc21. The number of nitrogens with zero attached hydrogens (tertiary/aromatic N) is 1. The molecule has 0 bridgehead atoms. The maximum Gasteiger partial charge on any atom is 0.490 e. The molecule has 0 unspecified atom stereocenters. The summed E-state index contributed by atoms with van der Waals surface area (Å²) in [6.07, 6.45) is -0.498. The number of halogens is 3. The number of carbonyl (C=O) groups is 2. The number of rotatable bonds is 2. The van der Waals surface area contributed by atoms with Crippen LogP contribution in [-0.2, 0) is 11.2 Å². The van der Waals surface area contributed by atoms with E-state index in [4.69, 9.17) is 9.90 Å². The lowest BCUT2D eigenvalue weighted by atomic mass is 10.1. The van der Waals surface area contributed by atoms with Crippen LogP contribution in [-0.4, -0.2) is 44.7 Å². The first kappa shape index (κ1) is 21.2. The molecule has 4 heterocycles. The van der Waals surface area contributed by atoms with Gasteiger partial charge in [-0.3, -0.25) is 9.78 Å². The molecule has 0 spiro atoms. The van der Waals surface area contributed by atoms with E-state index < -0.39 is 12.1 Å². The molecule has 0 saturated carbocycles. The number of hydrogen-bond donors (Lipinski definition) is 4. The molecule has 5 rings (SSSR count). The van der Waals surface area contributed by atoms with Crippen LogP contribution in [0.15, 0.2) is 54.9 Å². The van der Waals surface area contributed by atoms with Crippen LogP contribution < -0.4 is 5.32 Å². The molecule has 4 aromatic rings. The second-order valence-corrected chi connectivity index (χ2v) is 7.09. The van der Waals surface area contributed by atoms with Crippen molar-refractivity contribution in [3.8, 4) is 22.5 Å². The van der Waals surface area contributed by atoms with E-state index in [9.17, 15) is 18.0 Å². The van der Waals surface area contributed by atoms with Crippen molar-refractivity contribution in [2.45, 2.75) is 12.6 Å². The number of aromatic amines is 2. The highest BCUT2D eigenvalue weighted by atomic mass is 19.4. The van der Waals surface area contributed by atoms with Gasteiger partial charge >= 0.3 is 12.1 Å². The predicted octanol–water partition coefficient (Wildman–Crippen LogP) is 4.14. The number of H-pyrrole nitrogens is 2. The predicted molar refractivity (Wildman–Crippen MR) is 111 cm³/mol. The van der Waals surface area contributed by atoms with Crippen molar-refractivity contribution in [1.29, 1.82) is 0 Å². The second-order valence-electron chi connectivity index (χ2n) is 7.09. The van der Waals surface area contributed by atoms with E-state index in [1.54, 1.807) is 0 Å². The largest absolute Gasteiger partial charge is 0.490 e. The van der Waals surface area contributed by atoms with Crippen molar-refractivity contribution < 1.29 is 27.9 Å². The number of alkyl halides is 3. The van der Waals surface area contributed by atoms with Crippen molar-refractivity contribution in [1.82, 2.24) is 20.3 Å². The van der Waals surface area contributed by atoms with Crippen molar-refractivity contribution in [3.63, 3.8) is 0 Å². The Bertz CT molecular complexity index is 1310. The molecule has 3 aromatic heterocycles. The molecule has 1 amide bonds. The van der Waals surface area contributed by atoms with Gasteiger partial charge in [-0.05, 0) is 36.4 Å². The summed E-state index contributed by atoms with van der Waals surface area (Å²) in [4.78, 5) is 32.0. The first-order chi connectivity index (χ1) is 15.2. The number of carboxylic acid groups (broad SMARTS) is 1. The molecule has 1 aromatic carbocycles. The summed E-state index contributed by atoms with van der Waals surface area (Å²) in [6, 6.07) is 14.3. The minimum Gasteiger partial charge on any atom is -0.475 e. The standard InChI is InChI=1S/C20H16N4O.C2HF3O2/c25-20-15-11-19(24-17(15)5-8-23-20)14-4-7-22-18(10-14)12-1-2-16-13(9-12)3-6-21-16;3-2(4,5)1(6)7/h1-4,6-7,9-11,21,24H,5,8H2,(H,23,25);(H,6,7). The van der Waals surface area contributed by atoms with Crippen LogP contribution in [0.3, 0.4) is 0 Å². The number of hydrogen-bond acceptors (Lipinski definition) is 3. The van der Waals surface area contributed by atoms with Crippen LogP contribution in [0, 0.1) is 0 Å². The van der Waals surface area contributed by atoms with Gasteiger partial charge < -0.3 is 20.4 Å². The first-order valence-corrected chi connectivity index (χ1v) is 9.56. The quantitative estimate of drug-likeness (QED) is 0.374. The third kappa shape index (κ3) is 4.34. The van der Waals surface area contributed by atoms with Gasteiger partial charge in [-0.2, -0.15) is 13.2 Å². The molecule has 0 saturated heterocycles. The smallest absolute Gasteiger partial charge is 0.475 e. The summed E-state index contributed by atoms with van der Waals surface area (Å²) >= 11 is 0. The number of aromatic nitrogens is 3. The lowest BCUT2D eigenvalue weighted by molar-refractivity contribution is -0.192. The first-order valence-electron chi connectivity index (χ1n) is 9.56. The molecule has 10 heteroatoms. The molecular formula is C22H17F3N4O3. The Morgan fingerprint density at radius 1 is 1.06 bits per heavy atom. The Kier molecular flexibility index (Phi) is 5.43. The molecule has 1 aliphatic heterocycles. The molecule has 0 fully saturated rings. The molecular weight excluding hydrogens is 425 g/mol. The van der Waals surface area contributed by atoms with Gasteiger partial charge in [0.2, 0.25) is 0 Å². The summed E-state index contributed by atoms with van der Waals surface area (Å²) in [5.74, 6) is -2.76. The third-order valence-corrected chi connectivity index (χ3v) is 4.97. The summed E-state index contributed by atoms with van der Waals surface area (Å²) < 4.78 is 31.7. The Labute approximate surface area is 179 Å². The van der Waals surface area contributed by atoms with Crippen molar-refractivity contribution >= 4 is 22.8 Å². The van der Waals surface area contributed by atoms with Gasteiger partial charge in [0, 0.05) is 58.8 Å². The summed E-state index contributed by atoms with van der Waals surface area (Å²) in [6.45, 7) is 0.685. The van der Waals surface area contributed by atoms with Crippen LogP contribution in [0.25, 0.3) is 33.4 Å². The molecule has 164 valence electrons. The topological polar surface area (TPSA) is 111 Å². The molecule has 0 radical (unpaired) electrons. The van der Waals surface area contributed by atoms with E-state index in [0.717, 1.165) is 51.1 Å². The number of benzene rings is 1. The van der Waals surface area contributed by atoms with Crippen LogP contribution in [0.1, 0.15) is 16.1 Å². The molecule has 1 aliphatic rings. The van der Waals surface area contributed by atoms with Gasteiger partial charge in [-0.1, -0.05) is 6.07 Å². The summed E-state index contributed by atoms with van der Waals surface area (Å²) in [5.41, 5.74) is 6.83. The van der Waals surface area contributed by atoms with E-state index in [0.29, 0.717) is 6.54 Å². The summed E-state index contributed by atoms with van der Waals surface area (Å²) in [7, 11) is 0. The maximum absolute atomic E-state index is 12.0. The zero-order valence-electron chi connectivity index (χ0n) is 16.5. The molecule has 32 heavy (non-hydrogen) atoms. The highest BCUT2D eigenvalue weighted by Crippen LogP contribution is 2.28. The fraction of sp³-hybridized carbons (Fsp3) is 0.136. The number of pyridine rings is 1. The van der Waals surface area contributed by atoms with Gasteiger partial charge in [0.15, 0.2) is 0 Å². The average Bonchev–Trinajstić information content (AvgIpc) is 3.41. The van der Waals surface area contributed by atoms with Crippen LogP contribution >= 0.6 is 0 Å². The average molecular weight is 442 g/mol. The Balaban J connectivity index is 0.000000307. The minimum absolute atomic E-state index is 0.00376. The number of aliphatic carboxylic acids is 1. The van der Waals surface area contributed by atoms with Crippen molar-refractivity contribution in [2.75, 3.05) is 6.54 Å².